The van der Waals surface area contributed by atoms with Crippen molar-refractivity contribution in [2.45, 2.75) is 96.8 Å². The van der Waals surface area contributed by atoms with Crippen molar-refractivity contribution in [3.05, 3.63) is 15.6 Å². The van der Waals surface area contributed by atoms with Crippen molar-refractivity contribution in [1.29, 1.82) is 0 Å². The first-order chi connectivity index (χ1) is 9.31. The van der Waals surface area contributed by atoms with Gasteiger partial charge >= 0.3 is 0 Å². The summed E-state index contributed by atoms with van der Waals surface area (Å²) in [5.74, 6) is 0.712. The van der Waals surface area contributed by atoms with Gasteiger partial charge in [-0.1, -0.05) is 60.8 Å². The smallest absolute Gasteiger partial charge is 0.0987 e. The summed E-state index contributed by atoms with van der Waals surface area (Å²) >= 11 is 1.99. The van der Waals surface area contributed by atoms with Crippen LogP contribution in [0.25, 0.3) is 0 Å². The number of nitrogens with zero attached hydrogens (tertiary/aromatic N) is 1. The van der Waals surface area contributed by atoms with Crippen molar-refractivity contribution in [2.24, 2.45) is 0 Å². The molecule has 1 nitrogen and oxygen atoms in total. The van der Waals surface area contributed by atoms with Gasteiger partial charge in [0.05, 0.1) is 10.7 Å². The van der Waals surface area contributed by atoms with E-state index >= 15 is 0 Å². The molecule has 1 atom stereocenters. The number of rotatable bonds is 6. The molecule has 114 valence electrons. The molecule has 1 aromatic heterocycles. The van der Waals surface area contributed by atoms with E-state index in [4.69, 9.17) is 4.98 Å². The van der Waals surface area contributed by atoms with Crippen LogP contribution in [-0.4, -0.2) is 4.98 Å². The van der Waals surface area contributed by atoms with Crippen LogP contribution in [0.1, 0.15) is 102 Å². The number of hydrogen-bond donors (Lipinski definition) is 0. The number of hydrogen-bond acceptors (Lipinski definition) is 2. The molecule has 0 saturated heterocycles. The Labute approximate surface area is 129 Å². The Bertz CT molecular complexity index is 456. The average Bonchev–Trinajstić information content (AvgIpc) is 2.91. The summed E-state index contributed by atoms with van der Waals surface area (Å²) < 4.78 is 0. The van der Waals surface area contributed by atoms with Crippen LogP contribution in [0.2, 0.25) is 0 Å². The first-order valence-corrected chi connectivity index (χ1v) is 9.15. The van der Waals surface area contributed by atoms with Crippen LogP contribution in [0.3, 0.4) is 0 Å². The third-order valence-corrected chi connectivity index (χ3v) is 6.83. The van der Waals surface area contributed by atoms with Crippen molar-refractivity contribution in [3.63, 3.8) is 0 Å². The zero-order valence-corrected chi connectivity index (χ0v) is 15.0. The van der Waals surface area contributed by atoms with Gasteiger partial charge in [-0.25, -0.2) is 4.98 Å². The average molecular weight is 294 g/mol. The summed E-state index contributed by atoms with van der Waals surface area (Å²) in [4.78, 5) is 6.69. The van der Waals surface area contributed by atoms with E-state index < -0.39 is 0 Å². The highest BCUT2D eigenvalue weighted by molar-refractivity contribution is 7.12. The molecule has 1 aliphatic rings. The quantitative estimate of drug-likeness (QED) is 0.571. The Morgan fingerprint density at radius 1 is 1.25 bits per heavy atom. The zero-order valence-electron chi connectivity index (χ0n) is 14.2. The molecule has 0 aromatic carbocycles. The maximum absolute atomic E-state index is 5.11. The van der Waals surface area contributed by atoms with Crippen molar-refractivity contribution in [2.75, 3.05) is 0 Å². The van der Waals surface area contributed by atoms with Crippen molar-refractivity contribution >= 4 is 11.3 Å². The van der Waals surface area contributed by atoms with E-state index in [9.17, 15) is 0 Å². The van der Waals surface area contributed by atoms with Crippen molar-refractivity contribution in [1.82, 2.24) is 4.98 Å². The number of unbranched alkanes of at least 4 members (excludes halogenated alkanes) is 2. The first kappa shape index (κ1) is 16.0. The van der Waals surface area contributed by atoms with Gasteiger partial charge in [0, 0.05) is 21.6 Å². The van der Waals surface area contributed by atoms with Crippen LogP contribution in [0.5, 0.6) is 0 Å². The molecule has 0 bridgehead atoms. The third kappa shape index (κ3) is 2.95. The highest BCUT2D eigenvalue weighted by Crippen LogP contribution is 2.51. The summed E-state index contributed by atoms with van der Waals surface area (Å²) in [6.45, 7) is 14.0. The van der Waals surface area contributed by atoms with Crippen LogP contribution in [0, 0.1) is 0 Å². The van der Waals surface area contributed by atoms with Gasteiger partial charge in [-0.2, -0.15) is 0 Å². The predicted molar refractivity (Wildman–Crippen MR) is 90.0 cm³/mol. The molecule has 1 unspecified atom stereocenters. The SMILES string of the molecule is CCCCCC1CC(C)(C)c2sc(C(C)(C)CC)nc21. The predicted octanol–water partition coefficient (Wildman–Crippen LogP) is 6.18. The van der Waals surface area contributed by atoms with E-state index in [0.717, 1.165) is 0 Å². The summed E-state index contributed by atoms with van der Waals surface area (Å²) in [6.07, 6.45) is 7.84. The highest BCUT2D eigenvalue weighted by Gasteiger charge is 2.41. The minimum absolute atomic E-state index is 0.235. The molecule has 0 spiro atoms. The van der Waals surface area contributed by atoms with E-state index in [-0.39, 0.29) is 5.41 Å². The lowest BCUT2D eigenvalue weighted by molar-refractivity contribution is 0.446. The molecule has 1 aromatic rings. The molecule has 2 heteroatoms. The standard InChI is InChI=1S/C18H31NS/c1-7-9-10-11-13-12-18(5,6)15-14(13)19-16(20-15)17(3,4)8-2/h13H,7-12H2,1-6H3. The molecule has 0 saturated carbocycles. The first-order valence-electron chi connectivity index (χ1n) is 8.33. The van der Waals surface area contributed by atoms with Gasteiger partial charge in [-0.3, -0.25) is 0 Å². The summed E-state index contributed by atoms with van der Waals surface area (Å²) in [6, 6.07) is 0. The molecule has 1 aliphatic carbocycles. The Kier molecular flexibility index (Phi) is 4.63. The summed E-state index contributed by atoms with van der Waals surface area (Å²) in [5.41, 5.74) is 2.03. The van der Waals surface area contributed by atoms with E-state index in [2.05, 4.69) is 41.5 Å². The minimum Gasteiger partial charge on any atom is -0.245 e. The minimum atomic E-state index is 0.235. The lowest BCUT2D eigenvalue weighted by Gasteiger charge is -2.22. The second kappa shape index (κ2) is 5.79. The molecule has 1 heterocycles. The fourth-order valence-corrected chi connectivity index (χ4v) is 4.65. The lowest BCUT2D eigenvalue weighted by Crippen LogP contribution is -2.16. The molecule has 0 radical (unpaired) electrons. The van der Waals surface area contributed by atoms with Gasteiger partial charge in [0.2, 0.25) is 0 Å². The van der Waals surface area contributed by atoms with E-state index in [1.54, 1.807) is 4.88 Å². The zero-order chi connectivity index (χ0) is 15.0. The number of aromatic nitrogens is 1. The molecule has 0 fully saturated rings. The van der Waals surface area contributed by atoms with Gasteiger partial charge in [0.1, 0.15) is 0 Å². The Balaban J connectivity index is 2.25. The molecule has 0 amide bonds. The second-order valence-electron chi connectivity index (χ2n) is 7.75. The normalized spacial score (nSPS) is 21.2. The molecule has 20 heavy (non-hydrogen) atoms. The second-order valence-corrected chi connectivity index (χ2v) is 8.75. The van der Waals surface area contributed by atoms with E-state index in [0.29, 0.717) is 11.3 Å². The van der Waals surface area contributed by atoms with Gasteiger partial charge in [0.25, 0.3) is 0 Å². The van der Waals surface area contributed by atoms with Gasteiger partial charge in [-0.05, 0) is 19.3 Å². The molecule has 0 aliphatic heterocycles. The lowest BCUT2D eigenvalue weighted by atomic mass is 9.88. The summed E-state index contributed by atoms with van der Waals surface area (Å²) in [7, 11) is 0. The fraction of sp³-hybridized carbons (Fsp3) is 0.833. The topological polar surface area (TPSA) is 12.9 Å². The van der Waals surface area contributed by atoms with Crippen LogP contribution in [0.15, 0.2) is 0 Å². The largest absolute Gasteiger partial charge is 0.245 e. The number of thiazole rings is 1. The Morgan fingerprint density at radius 2 is 1.95 bits per heavy atom. The van der Waals surface area contributed by atoms with Crippen molar-refractivity contribution in [3.8, 4) is 0 Å². The summed E-state index contributed by atoms with van der Waals surface area (Å²) in [5, 5.41) is 1.36. The molecular formula is C18H31NS. The maximum atomic E-state index is 5.11. The van der Waals surface area contributed by atoms with E-state index in [1.807, 2.05) is 11.3 Å². The molecular weight excluding hydrogens is 262 g/mol. The van der Waals surface area contributed by atoms with Gasteiger partial charge < -0.3 is 0 Å². The monoisotopic (exact) mass is 293 g/mol. The van der Waals surface area contributed by atoms with Crippen molar-refractivity contribution < 1.29 is 0 Å². The van der Waals surface area contributed by atoms with Crippen LogP contribution >= 0.6 is 11.3 Å². The van der Waals surface area contributed by atoms with Crippen LogP contribution in [-0.2, 0) is 10.8 Å². The van der Waals surface area contributed by atoms with Crippen LogP contribution < -0.4 is 0 Å². The van der Waals surface area contributed by atoms with E-state index in [1.165, 1.54) is 49.2 Å². The van der Waals surface area contributed by atoms with Crippen LogP contribution in [0.4, 0.5) is 0 Å². The van der Waals surface area contributed by atoms with Gasteiger partial charge in [0.15, 0.2) is 0 Å². The Hall–Kier alpha value is -0.370. The molecule has 2 rings (SSSR count). The van der Waals surface area contributed by atoms with Gasteiger partial charge in [-0.15, -0.1) is 11.3 Å². The maximum Gasteiger partial charge on any atom is 0.0987 e. The molecule has 0 N–H and O–H groups in total. The highest BCUT2D eigenvalue weighted by atomic mass is 32.1. The fourth-order valence-electron chi connectivity index (χ4n) is 3.22. The number of fused-ring (bicyclic) bond motifs is 1. The Morgan fingerprint density at radius 3 is 2.55 bits per heavy atom. The third-order valence-electron chi connectivity index (χ3n) is 5.03.